The maximum atomic E-state index is 14.0. The molecule has 1 aromatic carbocycles. The largest absolute Gasteiger partial charge is 0.374 e. The van der Waals surface area contributed by atoms with Crippen molar-refractivity contribution in [2.75, 3.05) is 13.7 Å². The molecule has 2 rings (SSSR count). The van der Waals surface area contributed by atoms with Crippen LogP contribution in [0.2, 0.25) is 0 Å². The average Bonchev–Trinajstić information content (AvgIpc) is 2.46. The fourth-order valence-corrected chi connectivity index (χ4v) is 3.81. The van der Waals surface area contributed by atoms with E-state index >= 15 is 0 Å². The average molecular weight is 293 g/mol. The SMILES string of the molecule is CCOC1(C(Cc2ccccc2F)NC)CCCC(C)C1. The highest BCUT2D eigenvalue weighted by Gasteiger charge is 2.42. The van der Waals surface area contributed by atoms with Crippen LogP contribution in [0.4, 0.5) is 4.39 Å². The van der Waals surface area contributed by atoms with E-state index in [1.807, 2.05) is 19.2 Å². The molecule has 0 aliphatic heterocycles. The van der Waals surface area contributed by atoms with Crippen LogP contribution in [-0.2, 0) is 11.2 Å². The van der Waals surface area contributed by atoms with Crippen molar-refractivity contribution in [3.8, 4) is 0 Å². The van der Waals surface area contributed by atoms with E-state index in [-0.39, 0.29) is 17.5 Å². The summed E-state index contributed by atoms with van der Waals surface area (Å²) in [5, 5.41) is 3.40. The predicted molar refractivity (Wildman–Crippen MR) is 84.9 cm³/mol. The van der Waals surface area contributed by atoms with Crippen molar-refractivity contribution in [3.63, 3.8) is 0 Å². The quantitative estimate of drug-likeness (QED) is 0.857. The molecule has 2 nitrogen and oxygen atoms in total. The molecule has 0 radical (unpaired) electrons. The minimum Gasteiger partial charge on any atom is -0.374 e. The predicted octanol–water partition coefficient (Wildman–Crippen LogP) is 3.94. The van der Waals surface area contributed by atoms with E-state index < -0.39 is 0 Å². The molecular weight excluding hydrogens is 265 g/mol. The van der Waals surface area contributed by atoms with Crippen molar-refractivity contribution in [1.82, 2.24) is 5.32 Å². The van der Waals surface area contributed by atoms with Crippen molar-refractivity contribution in [1.29, 1.82) is 0 Å². The van der Waals surface area contributed by atoms with Crippen LogP contribution in [0.25, 0.3) is 0 Å². The molecule has 0 bridgehead atoms. The highest BCUT2D eigenvalue weighted by atomic mass is 19.1. The number of likely N-dealkylation sites (N-methyl/N-ethyl adjacent to an activating group) is 1. The lowest BCUT2D eigenvalue weighted by molar-refractivity contribution is -0.0989. The molecule has 0 spiro atoms. The molecule has 1 aromatic rings. The minimum atomic E-state index is -0.163. The third-order valence-electron chi connectivity index (χ3n) is 4.79. The summed E-state index contributed by atoms with van der Waals surface area (Å²) in [6.45, 7) is 5.06. The zero-order chi connectivity index (χ0) is 15.3. The van der Waals surface area contributed by atoms with E-state index in [0.717, 1.165) is 18.4 Å². The number of hydrogen-bond donors (Lipinski definition) is 1. The standard InChI is InChI=1S/C18H28FNO/c1-4-21-18(11-7-8-14(2)13-18)17(20-3)12-15-9-5-6-10-16(15)19/h5-6,9-10,14,17,20H,4,7-8,11-13H2,1-3H3. The number of hydrogen-bond acceptors (Lipinski definition) is 2. The van der Waals surface area contributed by atoms with Crippen molar-refractivity contribution < 1.29 is 9.13 Å². The third kappa shape index (κ3) is 3.83. The molecule has 0 saturated heterocycles. The normalized spacial score (nSPS) is 27.5. The maximum absolute atomic E-state index is 14.0. The Labute approximate surface area is 128 Å². The number of halogens is 1. The first kappa shape index (κ1) is 16.4. The van der Waals surface area contributed by atoms with Gasteiger partial charge in [-0.25, -0.2) is 4.39 Å². The molecule has 1 aliphatic rings. The summed E-state index contributed by atoms with van der Waals surface area (Å²) in [5.74, 6) is 0.551. The first-order valence-corrected chi connectivity index (χ1v) is 8.16. The Morgan fingerprint density at radius 3 is 2.81 bits per heavy atom. The van der Waals surface area contributed by atoms with Crippen LogP contribution < -0.4 is 5.32 Å². The summed E-state index contributed by atoms with van der Waals surface area (Å²) in [4.78, 5) is 0. The van der Waals surface area contributed by atoms with Crippen molar-refractivity contribution in [3.05, 3.63) is 35.6 Å². The summed E-state index contributed by atoms with van der Waals surface area (Å²) >= 11 is 0. The monoisotopic (exact) mass is 293 g/mol. The molecule has 0 aromatic heterocycles. The minimum absolute atomic E-state index is 0.117. The Morgan fingerprint density at radius 2 is 2.19 bits per heavy atom. The number of nitrogens with one attached hydrogen (secondary N) is 1. The van der Waals surface area contributed by atoms with Gasteiger partial charge in [0.15, 0.2) is 0 Å². The Morgan fingerprint density at radius 1 is 1.43 bits per heavy atom. The second kappa shape index (κ2) is 7.37. The molecule has 0 amide bonds. The topological polar surface area (TPSA) is 21.3 Å². The van der Waals surface area contributed by atoms with Gasteiger partial charge in [-0.3, -0.25) is 0 Å². The molecule has 21 heavy (non-hydrogen) atoms. The Kier molecular flexibility index (Phi) is 5.77. The summed E-state index contributed by atoms with van der Waals surface area (Å²) in [7, 11) is 1.96. The van der Waals surface area contributed by atoms with Crippen LogP contribution in [-0.4, -0.2) is 25.3 Å². The van der Waals surface area contributed by atoms with Crippen LogP contribution in [0.5, 0.6) is 0 Å². The fourth-order valence-electron chi connectivity index (χ4n) is 3.81. The molecule has 3 unspecified atom stereocenters. The zero-order valence-electron chi connectivity index (χ0n) is 13.5. The molecule has 118 valence electrons. The van der Waals surface area contributed by atoms with Crippen LogP contribution >= 0.6 is 0 Å². The van der Waals surface area contributed by atoms with E-state index in [1.54, 1.807) is 12.1 Å². The molecular formula is C18H28FNO. The van der Waals surface area contributed by atoms with Gasteiger partial charge in [-0.2, -0.15) is 0 Å². The fraction of sp³-hybridized carbons (Fsp3) is 0.667. The number of benzene rings is 1. The summed E-state index contributed by atoms with van der Waals surface area (Å²) in [5.41, 5.74) is 0.609. The lowest BCUT2D eigenvalue weighted by Crippen LogP contribution is -2.55. The third-order valence-corrected chi connectivity index (χ3v) is 4.79. The Balaban J connectivity index is 2.21. The highest BCUT2D eigenvalue weighted by molar-refractivity contribution is 5.20. The lowest BCUT2D eigenvalue weighted by atomic mass is 9.73. The number of rotatable bonds is 6. The van der Waals surface area contributed by atoms with Gasteiger partial charge in [0.2, 0.25) is 0 Å². The van der Waals surface area contributed by atoms with Crippen LogP contribution in [0.3, 0.4) is 0 Å². The Bertz CT molecular complexity index is 447. The van der Waals surface area contributed by atoms with Crippen molar-refractivity contribution in [2.24, 2.45) is 5.92 Å². The van der Waals surface area contributed by atoms with E-state index in [0.29, 0.717) is 18.9 Å². The van der Waals surface area contributed by atoms with Gasteiger partial charge >= 0.3 is 0 Å². The van der Waals surface area contributed by atoms with Gasteiger partial charge in [-0.15, -0.1) is 0 Å². The molecule has 1 saturated carbocycles. The first-order valence-electron chi connectivity index (χ1n) is 8.16. The van der Waals surface area contributed by atoms with E-state index in [1.165, 1.54) is 12.8 Å². The van der Waals surface area contributed by atoms with E-state index in [9.17, 15) is 4.39 Å². The summed E-state index contributed by atoms with van der Waals surface area (Å²) in [6, 6.07) is 7.22. The number of ether oxygens (including phenoxy) is 1. The highest BCUT2D eigenvalue weighted by Crippen LogP contribution is 2.38. The van der Waals surface area contributed by atoms with Gasteiger partial charge in [0.05, 0.1) is 5.60 Å². The zero-order valence-corrected chi connectivity index (χ0v) is 13.5. The molecule has 0 heterocycles. The molecule has 3 atom stereocenters. The maximum Gasteiger partial charge on any atom is 0.126 e. The van der Waals surface area contributed by atoms with Crippen molar-refractivity contribution >= 4 is 0 Å². The van der Waals surface area contributed by atoms with Gasteiger partial charge in [0.1, 0.15) is 5.82 Å². The lowest BCUT2D eigenvalue weighted by Gasteiger charge is -2.45. The summed E-state index contributed by atoms with van der Waals surface area (Å²) < 4.78 is 20.2. The van der Waals surface area contributed by atoms with Gasteiger partial charge in [-0.1, -0.05) is 38.0 Å². The van der Waals surface area contributed by atoms with Crippen LogP contribution in [0.15, 0.2) is 24.3 Å². The molecule has 1 fully saturated rings. The van der Waals surface area contributed by atoms with Gasteiger partial charge in [-0.05, 0) is 50.8 Å². The molecule has 1 N–H and O–H groups in total. The second-order valence-electron chi connectivity index (χ2n) is 6.34. The Hall–Kier alpha value is -0.930. The smallest absolute Gasteiger partial charge is 0.126 e. The molecule has 3 heteroatoms. The molecule has 1 aliphatic carbocycles. The van der Waals surface area contributed by atoms with Gasteiger partial charge < -0.3 is 10.1 Å². The summed E-state index contributed by atoms with van der Waals surface area (Å²) in [6.07, 6.45) is 5.25. The van der Waals surface area contributed by atoms with Gasteiger partial charge in [0, 0.05) is 12.6 Å². The first-order chi connectivity index (χ1) is 10.1. The van der Waals surface area contributed by atoms with E-state index in [4.69, 9.17) is 4.74 Å². The van der Waals surface area contributed by atoms with E-state index in [2.05, 4.69) is 19.2 Å². The van der Waals surface area contributed by atoms with Crippen molar-refractivity contribution in [2.45, 2.75) is 57.6 Å². The van der Waals surface area contributed by atoms with Crippen LogP contribution in [0, 0.1) is 11.7 Å². The van der Waals surface area contributed by atoms with Gasteiger partial charge in [0.25, 0.3) is 0 Å². The second-order valence-corrected chi connectivity index (χ2v) is 6.34. The van der Waals surface area contributed by atoms with Crippen LogP contribution in [0.1, 0.15) is 45.1 Å².